The smallest absolute Gasteiger partial charge is 0.274 e. The lowest BCUT2D eigenvalue weighted by atomic mass is 10.2. The van der Waals surface area contributed by atoms with Gasteiger partial charge in [-0.05, 0) is 36.8 Å². The highest BCUT2D eigenvalue weighted by Crippen LogP contribution is 2.19. The number of anilines is 1. The number of hydrogen-bond donors (Lipinski definition) is 2. The summed E-state index contributed by atoms with van der Waals surface area (Å²) in [5.41, 5.74) is 1.10. The maximum atomic E-state index is 11.9. The molecule has 0 saturated heterocycles. The topological polar surface area (TPSA) is 102 Å². The summed E-state index contributed by atoms with van der Waals surface area (Å²) in [5.74, 6) is -0.421. The highest BCUT2D eigenvalue weighted by atomic mass is 32.2. The summed E-state index contributed by atoms with van der Waals surface area (Å²) in [6.07, 6.45) is 1.50. The molecule has 104 valence electrons. The quantitative estimate of drug-likeness (QED) is 0.889. The van der Waals surface area contributed by atoms with Crippen molar-refractivity contribution in [2.45, 2.75) is 11.8 Å². The molecule has 0 aliphatic rings. The van der Waals surface area contributed by atoms with Crippen molar-refractivity contribution in [3.05, 3.63) is 53.9 Å². The van der Waals surface area contributed by atoms with Gasteiger partial charge in [-0.15, -0.1) is 0 Å². The first-order valence-electron chi connectivity index (χ1n) is 5.74. The first kappa shape index (κ1) is 14.2. The van der Waals surface area contributed by atoms with Crippen molar-refractivity contribution in [3.63, 3.8) is 0 Å². The maximum Gasteiger partial charge on any atom is 0.274 e. The lowest BCUT2D eigenvalue weighted by molar-refractivity contribution is 0.102. The van der Waals surface area contributed by atoms with Gasteiger partial charge in [0.1, 0.15) is 5.69 Å². The third-order valence-electron chi connectivity index (χ3n) is 2.65. The van der Waals surface area contributed by atoms with Gasteiger partial charge in [-0.25, -0.2) is 13.6 Å². The van der Waals surface area contributed by atoms with E-state index in [1.807, 2.05) is 0 Å². The number of nitrogens with zero attached hydrogens (tertiary/aromatic N) is 1. The molecule has 7 heteroatoms. The number of carbonyl (C=O) groups is 1. The van der Waals surface area contributed by atoms with Crippen molar-refractivity contribution in [1.29, 1.82) is 0 Å². The van der Waals surface area contributed by atoms with E-state index in [1.165, 1.54) is 12.3 Å². The largest absolute Gasteiger partial charge is 0.321 e. The van der Waals surface area contributed by atoms with E-state index < -0.39 is 15.9 Å². The second kappa shape index (κ2) is 5.40. The average Bonchev–Trinajstić information content (AvgIpc) is 2.40. The van der Waals surface area contributed by atoms with Gasteiger partial charge in [0.25, 0.3) is 5.91 Å². The lowest BCUT2D eigenvalue weighted by Crippen LogP contribution is -2.16. The SMILES string of the molecule is Cc1ccc(NC(=O)c2ccccn2)cc1S(N)(=O)=O. The van der Waals surface area contributed by atoms with Crippen LogP contribution in [-0.2, 0) is 10.0 Å². The van der Waals surface area contributed by atoms with Crippen LogP contribution < -0.4 is 10.5 Å². The highest BCUT2D eigenvalue weighted by Gasteiger charge is 2.13. The fourth-order valence-corrected chi connectivity index (χ4v) is 2.48. The van der Waals surface area contributed by atoms with Crippen LogP contribution in [0, 0.1) is 6.92 Å². The predicted molar refractivity (Wildman–Crippen MR) is 74.7 cm³/mol. The summed E-state index contributed by atoms with van der Waals surface area (Å²) in [6.45, 7) is 1.63. The minimum Gasteiger partial charge on any atom is -0.321 e. The molecule has 1 aromatic carbocycles. The molecule has 2 aromatic rings. The van der Waals surface area contributed by atoms with Gasteiger partial charge in [-0.1, -0.05) is 12.1 Å². The van der Waals surface area contributed by atoms with Crippen LogP contribution in [0.25, 0.3) is 0 Å². The van der Waals surface area contributed by atoms with E-state index in [1.54, 1.807) is 37.3 Å². The van der Waals surface area contributed by atoms with Crippen molar-refractivity contribution in [2.24, 2.45) is 5.14 Å². The molecule has 6 nitrogen and oxygen atoms in total. The van der Waals surface area contributed by atoms with Crippen molar-refractivity contribution in [1.82, 2.24) is 4.98 Å². The molecule has 20 heavy (non-hydrogen) atoms. The molecular formula is C13H13N3O3S. The van der Waals surface area contributed by atoms with Gasteiger partial charge < -0.3 is 5.32 Å². The number of sulfonamides is 1. The molecule has 3 N–H and O–H groups in total. The molecule has 1 aromatic heterocycles. The Bertz CT molecular complexity index is 743. The predicted octanol–water partition coefficient (Wildman–Crippen LogP) is 1.29. The van der Waals surface area contributed by atoms with Crippen molar-refractivity contribution < 1.29 is 13.2 Å². The molecule has 0 radical (unpaired) electrons. The van der Waals surface area contributed by atoms with Crippen LogP contribution in [-0.4, -0.2) is 19.3 Å². The average molecular weight is 291 g/mol. The second-order valence-corrected chi connectivity index (χ2v) is 5.72. The van der Waals surface area contributed by atoms with E-state index in [0.29, 0.717) is 11.3 Å². The van der Waals surface area contributed by atoms with Crippen molar-refractivity contribution in [3.8, 4) is 0 Å². The summed E-state index contributed by atoms with van der Waals surface area (Å²) in [4.78, 5) is 15.8. The Hall–Kier alpha value is -2.25. The number of aromatic nitrogens is 1. The minimum atomic E-state index is -3.82. The summed E-state index contributed by atoms with van der Waals surface area (Å²) in [6, 6.07) is 9.45. The summed E-state index contributed by atoms with van der Waals surface area (Å²) in [7, 11) is -3.82. The summed E-state index contributed by atoms with van der Waals surface area (Å²) in [5, 5.41) is 7.69. The highest BCUT2D eigenvalue weighted by molar-refractivity contribution is 7.89. The number of carbonyl (C=O) groups excluding carboxylic acids is 1. The molecule has 1 amide bonds. The van der Waals surface area contributed by atoms with Crippen molar-refractivity contribution >= 4 is 21.6 Å². The van der Waals surface area contributed by atoms with Gasteiger partial charge in [0.15, 0.2) is 0 Å². The third kappa shape index (κ3) is 3.19. The molecule has 0 spiro atoms. The van der Waals surface area contributed by atoms with E-state index in [2.05, 4.69) is 10.3 Å². The van der Waals surface area contributed by atoms with Gasteiger partial charge in [0.05, 0.1) is 4.90 Å². The van der Waals surface area contributed by atoms with E-state index >= 15 is 0 Å². The first-order valence-corrected chi connectivity index (χ1v) is 7.28. The second-order valence-electron chi connectivity index (χ2n) is 4.19. The Labute approximate surface area is 116 Å². The Balaban J connectivity index is 2.30. The van der Waals surface area contributed by atoms with Gasteiger partial charge in [0.2, 0.25) is 10.0 Å². The molecule has 0 aliphatic heterocycles. The zero-order valence-electron chi connectivity index (χ0n) is 10.7. The number of pyridine rings is 1. The number of primary sulfonamides is 1. The fraction of sp³-hybridized carbons (Fsp3) is 0.0769. The maximum absolute atomic E-state index is 11.9. The van der Waals surface area contributed by atoms with Crippen LogP contribution in [0.4, 0.5) is 5.69 Å². The summed E-state index contributed by atoms with van der Waals surface area (Å²) >= 11 is 0. The Kier molecular flexibility index (Phi) is 3.82. The van der Waals surface area contributed by atoms with Gasteiger partial charge >= 0.3 is 0 Å². The fourth-order valence-electron chi connectivity index (χ4n) is 1.68. The molecule has 0 unspecified atom stereocenters. The number of nitrogens with two attached hydrogens (primary N) is 1. The Morgan fingerprint density at radius 3 is 2.60 bits per heavy atom. The number of nitrogens with one attached hydrogen (secondary N) is 1. The van der Waals surface area contributed by atoms with Crippen LogP contribution in [0.2, 0.25) is 0 Å². The van der Waals surface area contributed by atoms with Crippen LogP contribution in [0.5, 0.6) is 0 Å². The van der Waals surface area contributed by atoms with E-state index in [0.717, 1.165) is 0 Å². The monoisotopic (exact) mass is 291 g/mol. The minimum absolute atomic E-state index is 0.0173. The summed E-state index contributed by atoms with van der Waals surface area (Å²) < 4.78 is 22.8. The zero-order chi connectivity index (χ0) is 14.8. The third-order valence-corrected chi connectivity index (χ3v) is 3.70. The molecular weight excluding hydrogens is 278 g/mol. The van der Waals surface area contributed by atoms with E-state index in [9.17, 15) is 13.2 Å². The van der Waals surface area contributed by atoms with Crippen LogP contribution >= 0.6 is 0 Å². The van der Waals surface area contributed by atoms with Crippen LogP contribution in [0.3, 0.4) is 0 Å². The number of hydrogen-bond acceptors (Lipinski definition) is 4. The van der Waals surface area contributed by atoms with Gasteiger partial charge in [0, 0.05) is 11.9 Å². The van der Waals surface area contributed by atoms with Crippen LogP contribution in [0.15, 0.2) is 47.5 Å². The number of benzene rings is 1. The number of aryl methyl sites for hydroxylation is 1. The zero-order valence-corrected chi connectivity index (χ0v) is 11.5. The van der Waals surface area contributed by atoms with E-state index in [4.69, 9.17) is 5.14 Å². The first-order chi connectivity index (χ1) is 9.38. The number of rotatable bonds is 3. The van der Waals surface area contributed by atoms with Gasteiger partial charge in [-0.3, -0.25) is 9.78 Å². The lowest BCUT2D eigenvalue weighted by Gasteiger charge is -2.08. The van der Waals surface area contributed by atoms with Crippen molar-refractivity contribution in [2.75, 3.05) is 5.32 Å². The van der Waals surface area contributed by atoms with E-state index in [-0.39, 0.29) is 10.6 Å². The molecule has 0 fully saturated rings. The standard InChI is InChI=1S/C13H13N3O3S/c1-9-5-6-10(8-12(9)20(14,18)19)16-13(17)11-4-2-3-7-15-11/h2-8H,1H3,(H,16,17)(H2,14,18,19). The van der Waals surface area contributed by atoms with Crippen LogP contribution in [0.1, 0.15) is 16.1 Å². The molecule has 0 aliphatic carbocycles. The molecule has 0 atom stereocenters. The molecule has 0 bridgehead atoms. The molecule has 0 saturated carbocycles. The van der Waals surface area contributed by atoms with Gasteiger partial charge in [-0.2, -0.15) is 0 Å². The Morgan fingerprint density at radius 2 is 2.00 bits per heavy atom. The number of amides is 1. The Morgan fingerprint density at radius 1 is 1.25 bits per heavy atom. The normalized spacial score (nSPS) is 11.1. The molecule has 2 rings (SSSR count). The molecule has 1 heterocycles.